The van der Waals surface area contributed by atoms with Gasteiger partial charge in [-0.05, 0) is 43.2 Å². The Balaban J connectivity index is 2.27. The van der Waals surface area contributed by atoms with Gasteiger partial charge in [-0.3, -0.25) is 4.79 Å². The topological polar surface area (TPSA) is 67.8 Å². The van der Waals surface area contributed by atoms with E-state index in [1.54, 1.807) is 24.3 Å². The van der Waals surface area contributed by atoms with Crippen molar-refractivity contribution in [3.8, 4) is 17.2 Å². The molecular formula is C18H20ClNO4. The number of halogens is 1. The van der Waals surface area contributed by atoms with Crippen molar-refractivity contribution in [3.63, 3.8) is 0 Å². The van der Waals surface area contributed by atoms with Crippen LogP contribution in [0.3, 0.4) is 0 Å². The summed E-state index contributed by atoms with van der Waals surface area (Å²) < 4.78 is 10.8. The Morgan fingerprint density at radius 3 is 2.67 bits per heavy atom. The SMILES string of the molecule is CCCOc1c(Cl)cc(C(=O)Nc2ccc(C)cc2O)cc1OC. The number of aromatic hydroxyl groups is 1. The predicted octanol–water partition coefficient (Wildman–Crippen LogP) is 4.40. The molecule has 0 saturated heterocycles. The highest BCUT2D eigenvalue weighted by Gasteiger charge is 2.17. The molecule has 1 amide bonds. The largest absolute Gasteiger partial charge is 0.506 e. The van der Waals surface area contributed by atoms with Crippen LogP contribution in [0.25, 0.3) is 0 Å². The van der Waals surface area contributed by atoms with E-state index in [4.69, 9.17) is 21.1 Å². The number of phenols is 1. The van der Waals surface area contributed by atoms with Crippen LogP contribution in [0.15, 0.2) is 30.3 Å². The zero-order chi connectivity index (χ0) is 17.7. The monoisotopic (exact) mass is 349 g/mol. The second-order valence-electron chi connectivity index (χ2n) is 5.31. The summed E-state index contributed by atoms with van der Waals surface area (Å²) >= 11 is 6.21. The number of rotatable bonds is 6. The third-order valence-corrected chi connectivity index (χ3v) is 3.62. The summed E-state index contributed by atoms with van der Waals surface area (Å²) in [6.07, 6.45) is 0.828. The van der Waals surface area contributed by atoms with Crippen molar-refractivity contribution in [2.75, 3.05) is 19.0 Å². The summed E-state index contributed by atoms with van der Waals surface area (Å²) in [5.41, 5.74) is 1.53. The maximum absolute atomic E-state index is 12.4. The molecule has 0 unspecified atom stereocenters. The predicted molar refractivity (Wildman–Crippen MR) is 94.6 cm³/mol. The molecule has 0 aliphatic carbocycles. The lowest BCUT2D eigenvalue weighted by molar-refractivity contribution is 0.102. The van der Waals surface area contributed by atoms with E-state index in [1.807, 2.05) is 13.8 Å². The van der Waals surface area contributed by atoms with Crippen molar-refractivity contribution >= 4 is 23.2 Å². The van der Waals surface area contributed by atoms with Gasteiger partial charge in [0.1, 0.15) is 5.75 Å². The number of carbonyl (C=O) groups is 1. The maximum Gasteiger partial charge on any atom is 0.255 e. The standard InChI is InChI=1S/C18H20ClNO4/c1-4-7-24-17-13(19)9-12(10-16(17)23-3)18(22)20-14-6-5-11(2)8-15(14)21/h5-6,8-10,21H,4,7H2,1-3H3,(H,20,22). The van der Waals surface area contributed by atoms with Crippen LogP contribution in [0.5, 0.6) is 17.2 Å². The van der Waals surface area contributed by atoms with Crippen molar-refractivity contribution in [2.45, 2.75) is 20.3 Å². The van der Waals surface area contributed by atoms with Crippen LogP contribution in [0.1, 0.15) is 29.3 Å². The molecule has 2 aromatic carbocycles. The fourth-order valence-corrected chi connectivity index (χ4v) is 2.40. The number of hydrogen-bond acceptors (Lipinski definition) is 4. The zero-order valence-corrected chi connectivity index (χ0v) is 14.6. The normalized spacial score (nSPS) is 10.3. The smallest absolute Gasteiger partial charge is 0.255 e. The molecule has 24 heavy (non-hydrogen) atoms. The van der Waals surface area contributed by atoms with Crippen LogP contribution in [-0.4, -0.2) is 24.7 Å². The molecule has 0 atom stereocenters. The van der Waals surface area contributed by atoms with E-state index in [1.165, 1.54) is 13.2 Å². The fraction of sp³-hybridized carbons (Fsp3) is 0.278. The van der Waals surface area contributed by atoms with E-state index in [2.05, 4.69) is 5.32 Å². The third kappa shape index (κ3) is 4.11. The first kappa shape index (κ1) is 17.9. The highest BCUT2D eigenvalue weighted by atomic mass is 35.5. The Kier molecular flexibility index (Phi) is 5.93. The Hall–Kier alpha value is -2.40. The Bertz CT molecular complexity index is 746. The number of carbonyl (C=O) groups excluding carboxylic acids is 1. The van der Waals surface area contributed by atoms with Gasteiger partial charge in [0.2, 0.25) is 0 Å². The highest BCUT2D eigenvalue weighted by molar-refractivity contribution is 6.32. The molecule has 0 radical (unpaired) electrons. The molecule has 2 N–H and O–H groups in total. The fourth-order valence-electron chi connectivity index (χ4n) is 2.14. The minimum absolute atomic E-state index is 0.00399. The molecule has 0 aliphatic heterocycles. The number of ether oxygens (including phenoxy) is 2. The van der Waals surface area contributed by atoms with E-state index < -0.39 is 5.91 Å². The van der Waals surface area contributed by atoms with Crippen molar-refractivity contribution in [1.82, 2.24) is 0 Å². The number of amides is 1. The molecule has 0 fully saturated rings. The van der Waals surface area contributed by atoms with Crippen LogP contribution in [0.4, 0.5) is 5.69 Å². The first-order chi connectivity index (χ1) is 11.5. The quantitative estimate of drug-likeness (QED) is 0.758. The van der Waals surface area contributed by atoms with Gasteiger partial charge in [0.05, 0.1) is 24.4 Å². The van der Waals surface area contributed by atoms with E-state index >= 15 is 0 Å². The lowest BCUT2D eigenvalue weighted by atomic mass is 10.1. The summed E-state index contributed by atoms with van der Waals surface area (Å²) in [5, 5.41) is 12.8. The molecule has 0 saturated carbocycles. The van der Waals surface area contributed by atoms with Gasteiger partial charge in [-0.1, -0.05) is 24.6 Å². The average molecular weight is 350 g/mol. The van der Waals surface area contributed by atoms with Gasteiger partial charge in [0.25, 0.3) is 5.91 Å². The zero-order valence-electron chi connectivity index (χ0n) is 13.9. The van der Waals surface area contributed by atoms with Crippen LogP contribution in [-0.2, 0) is 0 Å². The second-order valence-corrected chi connectivity index (χ2v) is 5.72. The molecule has 6 heteroatoms. The summed E-state index contributed by atoms with van der Waals surface area (Å²) in [7, 11) is 1.48. The van der Waals surface area contributed by atoms with Crippen LogP contribution < -0.4 is 14.8 Å². The minimum atomic E-state index is -0.406. The molecule has 0 bridgehead atoms. The summed E-state index contributed by atoms with van der Waals surface area (Å²) in [6, 6.07) is 8.07. The average Bonchev–Trinajstić information content (AvgIpc) is 2.55. The van der Waals surface area contributed by atoms with Crippen LogP contribution >= 0.6 is 11.6 Å². The van der Waals surface area contributed by atoms with Crippen molar-refractivity contribution in [3.05, 3.63) is 46.5 Å². The summed E-state index contributed by atoms with van der Waals surface area (Å²) in [5.74, 6) is 0.394. The van der Waals surface area contributed by atoms with Crippen LogP contribution in [0.2, 0.25) is 5.02 Å². The summed E-state index contributed by atoms with van der Waals surface area (Å²) in [4.78, 5) is 12.4. The van der Waals surface area contributed by atoms with Crippen molar-refractivity contribution in [1.29, 1.82) is 0 Å². The lowest BCUT2D eigenvalue weighted by Gasteiger charge is -2.14. The Labute approximate surface area is 146 Å². The number of hydrogen-bond donors (Lipinski definition) is 2. The second kappa shape index (κ2) is 7.93. The van der Waals surface area contributed by atoms with Gasteiger partial charge in [0, 0.05) is 5.56 Å². The van der Waals surface area contributed by atoms with E-state index in [0.29, 0.717) is 34.4 Å². The van der Waals surface area contributed by atoms with Crippen molar-refractivity contribution in [2.24, 2.45) is 0 Å². The Morgan fingerprint density at radius 2 is 2.04 bits per heavy atom. The molecule has 128 valence electrons. The molecule has 0 spiro atoms. The number of nitrogens with one attached hydrogen (secondary N) is 1. The summed E-state index contributed by atoms with van der Waals surface area (Å²) in [6.45, 7) is 4.33. The van der Waals surface area contributed by atoms with Gasteiger partial charge in [0.15, 0.2) is 11.5 Å². The highest BCUT2D eigenvalue weighted by Crippen LogP contribution is 2.37. The molecule has 5 nitrogen and oxygen atoms in total. The van der Waals surface area contributed by atoms with Gasteiger partial charge in [-0.2, -0.15) is 0 Å². The number of aryl methyl sites for hydroxylation is 1. The van der Waals surface area contributed by atoms with Crippen LogP contribution in [0, 0.1) is 6.92 Å². The van der Waals surface area contributed by atoms with Gasteiger partial charge >= 0.3 is 0 Å². The number of phenolic OH excluding ortho intramolecular Hbond substituents is 1. The number of anilines is 1. The molecule has 0 heterocycles. The van der Waals surface area contributed by atoms with Gasteiger partial charge in [-0.25, -0.2) is 0 Å². The third-order valence-electron chi connectivity index (χ3n) is 3.34. The molecule has 0 aliphatic rings. The maximum atomic E-state index is 12.4. The first-order valence-electron chi connectivity index (χ1n) is 7.57. The van der Waals surface area contributed by atoms with Gasteiger partial charge < -0.3 is 19.9 Å². The van der Waals surface area contributed by atoms with E-state index in [-0.39, 0.29) is 5.75 Å². The number of benzene rings is 2. The van der Waals surface area contributed by atoms with E-state index in [9.17, 15) is 9.90 Å². The molecule has 2 rings (SSSR count). The molecule has 2 aromatic rings. The van der Waals surface area contributed by atoms with Gasteiger partial charge in [-0.15, -0.1) is 0 Å². The molecular weight excluding hydrogens is 330 g/mol. The van der Waals surface area contributed by atoms with Crippen molar-refractivity contribution < 1.29 is 19.4 Å². The number of methoxy groups -OCH3 is 1. The minimum Gasteiger partial charge on any atom is -0.506 e. The van der Waals surface area contributed by atoms with E-state index in [0.717, 1.165) is 12.0 Å². The first-order valence-corrected chi connectivity index (χ1v) is 7.95. The lowest BCUT2D eigenvalue weighted by Crippen LogP contribution is -2.12. The Morgan fingerprint density at radius 1 is 1.29 bits per heavy atom. The molecule has 0 aromatic heterocycles.